The predicted molar refractivity (Wildman–Crippen MR) is 116 cm³/mol. The van der Waals surface area contributed by atoms with E-state index in [1.165, 1.54) is 28.7 Å². The third-order valence-corrected chi connectivity index (χ3v) is 6.17. The minimum Gasteiger partial charge on any atom is -0.508 e. The molecular formula is C21H18F5N5O2S. The number of carbonyl (C=O) groups excluding carboxylic acids is 1. The molecule has 3 heterocycles. The number of nitrogens with one attached hydrogen (secondary N) is 1. The van der Waals surface area contributed by atoms with Crippen LogP contribution in [-0.4, -0.2) is 46.3 Å². The lowest BCUT2D eigenvalue weighted by molar-refractivity contribution is -0.177. The van der Waals surface area contributed by atoms with E-state index < -0.39 is 47.0 Å². The number of hydrogen-bond donors (Lipinski definition) is 3. The smallest absolute Gasteiger partial charge is 0.393 e. The first-order chi connectivity index (χ1) is 16.0. The average molecular weight is 499 g/mol. The molecule has 1 saturated heterocycles. The number of hydrogen-bond acceptors (Lipinski definition) is 7. The molecule has 13 heteroatoms. The van der Waals surface area contributed by atoms with Gasteiger partial charge in [-0.2, -0.15) is 13.2 Å². The number of phenolic OH excluding ortho intramolecular Hbond substituents is 1. The first kappa shape index (κ1) is 23.8. The summed E-state index contributed by atoms with van der Waals surface area (Å²) >= 11 is 0.810. The number of alkyl halides is 3. The van der Waals surface area contributed by atoms with Crippen LogP contribution in [0.25, 0.3) is 10.6 Å². The maximum atomic E-state index is 14.1. The molecule has 4 rings (SSSR count). The van der Waals surface area contributed by atoms with Crippen LogP contribution in [0.2, 0.25) is 0 Å². The second-order valence-corrected chi connectivity index (χ2v) is 8.67. The van der Waals surface area contributed by atoms with E-state index in [-0.39, 0.29) is 35.9 Å². The highest BCUT2D eigenvalue weighted by atomic mass is 32.1. The number of carbonyl (C=O) groups is 1. The topological polar surface area (TPSA) is 104 Å². The van der Waals surface area contributed by atoms with Gasteiger partial charge < -0.3 is 21.1 Å². The predicted octanol–water partition coefficient (Wildman–Crippen LogP) is 4.16. The van der Waals surface area contributed by atoms with Crippen molar-refractivity contribution in [2.75, 3.05) is 23.3 Å². The summed E-state index contributed by atoms with van der Waals surface area (Å²) in [6, 6.07) is 2.19. The van der Waals surface area contributed by atoms with E-state index in [0.717, 1.165) is 23.5 Å². The Morgan fingerprint density at radius 1 is 1.24 bits per heavy atom. The van der Waals surface area contributed by atoms with Crippen LogP contribution in [0.15, 0.2) is 36.0 Å². The zero-order chi connectivity index (χ0) is 24.6. The maximum Gasteiger partial charge on any atom is 0.393 e. The standard InChI is InChI=1S/C21H18F5N5O2S/c22-13-4-12(32)5-14(23)18(13)20-30-16(9-34-20)19(33)29-15-6-28-2-1-17(15)31-7-10(21(24,25)26)3-11(27)8-31/h1-2,4-6,9-11,32H,3,7-8,27H2,(H,29,33)/t10-,11+/m1/s1. The van der Waals surface area contributed by atoms with E-state index in [1.807, 2.05) is 0 Å². The second kappa shape index (κ2) is 9.14. The molecule has 0 saturated carbocycles. The maximum absolute atomic E-state index is 14.1. The van der Waals surface area contributed by atoms with Crippen molar-refractivity contribution < 1.29 is 31.9 Å². The lowest BCUT2D eigenvalue weighted by Crippen LogP contribution is -2.51. The van der Waals surface area contributed by atoms with Gasteiger partial charge in [0.15, 0.2) is 0 Å². The normalized spacial score (nSPS) is 18.7. The van der Waals surface area contributed by atoms with Crippen LogP contribution in [0.5, 0.6) is 5.75 Å². The van der Waals surface area contributed by atoms with E-state index in [9.17, 15) is 31.9 Å². The van der Waals surface area contributed by atoms with Crippen LogP contribution < -0.4 is 16.0 Å². The number of rotatable bonds is 4. The summed E-state index contributed by atoms with van der Waals surface area (Å²) in [7, 11) is 0. The summed E-state index contributed by atoms with van der Waals surface area (Å²) in [5.74, 6) is -5.06. The van der Waals surface area contributed by atoms with Gasteiger partial charge in [0.1, 0.15) is 28.1 Å². The highest BCUT2D eigenvalue weighted by molar-refractivity contribution is 7.13. The van der Waals surface area contributed by atoms with Crippen LogP contribution in [-0.2, 0) is 0 Å². The first-order valence-corrected chi connectivity index (χ1v) is 10.9. The Labute approximate surface area is 194 Å². The van der Waals surface area contributed by atoms with Gasteiger partial charge in [0.05, 0.1) is 29.1 Å². The van der Waals surface area contributed by atoms with Gasteiger partial charge in [0.25, 0.3) is 5.91 Å². The number of benzene rings is 1. The zero-order valence-electron chi connectivity index (χ0n) is 17.3. The Morgan fingerprint density at radius 2 is 1.94 bits per heavy atom. The lowest BCUT2D eigenvalue weighted by atomic mass is 9.93. The SMILES string of the molecule is N[C@H]1C[C@@H](C(F)(F)F)CN(c2ccncc2NC(=O)c2csc(-c3c(F)cc(O)cc3F)n2)C1. The Hall–Kier alpha value is -3.32. The molecule has 7 nitrogen and oxygen atoms in total. The third-order valence-electron chi connectivity index (χ3n) is 5.31. The van der Waals surface area contributed by atoms with E-state index in [4.69, 9.17) is 5.73 Å². The molecular weight excluding hydrogens is 481 g/mol. The third kappa shape index (κ3) is 4.94. The molecule has 34 heavy (non-hydrogen) atoms. The second-order valence-electron chi connectivity index (χ2n) is 7.81. The fraction of sp³-hybridized carbons (Fsp3) is 0.286. The average Bonchev–Trinajstić information content (AvgIpc) is 3.22. The fourth-order valence-corrected chi connectivity index (χ4v) is 4.62. The Morgan fingerprint density at radius 3 is 2.62 bits per heavy atom. The summed E-state index contributed by atoms with van der Waals surface area (Å²) < 4.78 is 68.2. The summed E-state index contributed by atoms with van der Waals surface area (Å²) in [5.41, 5.74) is 5.64. The first-order valence-electron chi connectivity index (χ1n) is 9.99. The largest absolute Gasteiger partial charge is 0.508 e. The number of thiazole rings is 1. The molecule has 0 aliphatic carbocycles. The van der Waals surface area contributed by atoms with Crippen molar-refractivity contribution in [3.63, 3.8) is 0 Å². The molecule has 3 aromatic rings. The molecule has 1 aliphatic heterocycles. The van der Waals surface area contributed by atoms with Gasteiger partial charge in [-0.25, -0.2) is 13.8 Å². The molecule has 2 atom stereocenters. The number of anilines is 2. The van der Waals surface area contributed by atoms with E-state index in [0.29, 0.717) is 5.69 Å². The Balaban J connectivity index is 1.57. The van der Waals surface area contributed by atoms with Crippen molar-refractivity contribution in [3.8, 4) is 16.3 Å². The number of phenols is 1. The van der Waals surface area contributed by atoms with Gasteiger partial charge in [-0.1, -0.05) is 0 Å². The molecule has 0 radical (unpaired) electrons. The zero-order valence-corrected chi connectivity index (χ0v) is 18.1. The van der Waals surface area contributed by atoms with Crippen molar-refractivity contribution in [2.24, 2.45) is 11.7 Å². The quantitative estimate of drug-likeness (QED) is 0.466. The number of halogens is 5. The minimum atomic E-state index is -4.41. The number of piperidine rings is 1. The fourth-order valence-electron chi connectivity index (χ4n) is 3.77. The molecule has 1 fully saturated rings. The summed E-state index contributed by atoms with van der Waals surface area (Å²) in [5, 5.41) is 13.0. The van der Waals surface area contributed by atoms with Crippen molar-refractivity contribution >= 4 is 28.6 Å². The molecule has 4 N–H and O–H groups in total. The number of nitrogens with two attached hydrogens (primary N) is 1. The van der Waals surface area contributed by atoms with Gasteiger partial charge >= 0.3 is 6.18 Å². The van der Waals surface area contributed by atoms with Crippen molar-refractivity contribution in [3.05, 3.63) is 53.3 Å². The van der Waals surface area contributed by atoms with Crippen LogP contribution in [0.4, 0.5) is 33.3 Å². The lowest BCUT2D eigenvalue weighted by Gasteiger charge is -2.39. The highest BCUT2D eigenvalue weighted by Crippen LogP contribution is 2.37. The van der Waals surface area contributed by atoms with E-state index >= 15 is 0 Å². The summed E-state index contributed by atoms with van der Waals surface area (Å²) in [6.07, 6.45) is -1.95. The Bertz CT molecular complexity index is 1200. The number of amides is 1. The number of nitrogens with zero attached hydrogens (tertiary/aromatic N) is 3. The van der Waals surface area contributed by atoms with Crippen LogP contribution in [0.1, 0.15) is 16.9 Å². The van der Waals surface area contributed by atoms with Gasteiger partial charge in [-0.3, -0.25) is 9.78 Å². The molecule has 0 spiro atoms. The summed E-state index contributed by atoms with van der Waals surface area (Å²) in [4.78, 5) is 22.1. The highest BCUT2D eigenvalue weighted by Gasteiger charge is 2.44. The van der Waals surface area contributed by atoms with Crippen LogP contribution in [0, 0.1) is 17.6 Å². The van der Waals surface area contributed by atoms with Crippen molar-refractivity contribution in [1.82, 2.24) is 9.97 Å². The van der Waals surface area contributed by atoms with Crippen molar-refractivity contribution in [2.45, 2.75) is 18.6 Å². The molecule has 2 aromatic heterocycles. The monoisotopic (exact) mass is 499 g/mol. The van der Waals surface area contributed by atoms with Gasteiger partial charge in [-0.05, 0) is 12.5 Å². The molecule has 0 unspecified atom stereocenters. The van der Waals surface area contributed by atoms with E-state index in [1.54, 1.807) is 0 Å². The van der Waals surface area contributed by atoms with Crippen LogP contribution >= 0.6 is 11.3 Å². The molecule has 1 aliphatic rings. The molecule has 1 aromatic carbocycles. The van der Waals surface area contributed by atoms with Gasteiger partial charge in [0, 0.05) is 42.8 Å². The van der Waals surface area contributed by atoms with E-state index in [2.05, 4.69) is 15.3 Å². The number of aromatic hydroxyl groups is 1. The van der Waals surface area contributed by atoms with Crippen LogP contribution in [0.3, 0.4) is 0 Å². The molecule has 180 valence electrons. The minimum absolute atomic E-state index is 0.124. The summed E-state index contributed by atoms with van der Waals surface area (Å²) in [6.45, 7) is -0.177. The molecule has 1 amide bonds. The number of pyridine rings is 1. The number of aromatic nitrogens is 2. The van der Waals surface area contributed by atoms with Gasteiger partial charge in [0.2, 0.25) is 0 Å². The van der Waals surface area contributed by atoms with Gasteiger partial charge in [-0.15, -0.1) is 11.3 Å². The van der Waals surface area contributed by atoms with Crippen molar-refractivity contribution in [1.29, 1.82) is 0 Å². The Kier molecular flexibility index (Phi) is 6.41. The molecule has 0 bridgehead atoms.